The van der Waals surface area contributed by atoms with Crippen LogP contribution in [0, 0.1) is 20.8 Å². The van der Waals surface area contributed by atoms with Crippen molar-refractivity contribution < 1.29 is 9.53 Å². The Hall–Kier alpha value is -3.41. The molecule has 0 unspecified atom stereocenters. The number of aryl methyl sites for hydroxylation is 3. The van der Waals surface area contributed by atoms with Crippen molar-refractivity contribution in [2.45, 2.75) is 40.7 Å². The van der Waals surface area contributed by atoms with E-state index in [1.165, 1.54) is 0 Å². The van der Waals surface area contributed by atoms with Gasteiger partial charge in [-0.05, 0) is 76.1 Å². The van der Waals surface area contributed by atoms with Crippen LogP contribution in [0.3, 0.4) is 0 Å². The second-order valence-electron chi connectivity index (χ2n) is 7.34. The first-order chi connectivity index (χ1) is 13.8. The molecule has 6 nitrogen and oxygen atoms in total. The summed E-state index contributed by atoms with van der Waals surface area (Å²) in [5.74, 6) is 0.681. The molecule has 0 fully saturated rings. The fraction of sp³-hybridized carbons (Fsp3) is 0.261. The van der Waals surface area contributed by atoms with Gasteiger partial charge in [-0.15, -0.1) is 0 Å². The van der Waals surface area contributed by atoms with Crippen molar-refractivity contribution >= 4 is 23.2 Å². The molecule has 3 rings (SSSR count). The fourth-order valence-electron chi connectivity index (χ4n) is 3.03. The minimum absolute atomic E-state index is 0.00272. The summed E-state index contributed by atoms with van der Waals surface area (Å²) in [5, 5.41) is 6.08. The largest absolute Gasteiger partial charge is 0.489 e. The number of anilines is 3. The lowest BCUT2D eigenvalue weighted by Gasteiger charge is -2.15. The van der Waals surface area contributed by atoms with E-state index in [0.29, 0.717) is 23.1 Å². The van der Waals surface area contributed by atoms with Gasteiger partial charge in [0.2, 0.25) is 5.95 Å². The molecule has 1 heterocycles. The summed E-state index contributed by atoms with van der Waals surface area (Å²) < 4.78 is 5.77. The zero-order valence-electron chi connectivity index (χ0n) is 17.4. The molecule has 0 aliphatic heterocycles. The number of hydrogen-bond donors (Lipinski definition) is 2. The summed E-state index contributed by atoms with van der Waals surface area (Å²) in [5.41, 5.74) is 4.74. The van der Waals surface area contributed by atoms with Gasteiger partial charge in [-0.2, -0.15) is 0 Å². The van der Waals surface area contributed by atoms with E-state index in [-0.39, 0.29) is 17.7 Å². The number of carbonyl (C=O) groups excluding carboxylic acids is 1. The molecule has 1 amide bonds. The maximum atomic E-state index is 12.8. The fourth-order valence-corrected chi connectivity index (χ4v) is 3.03. The smallest absolute Gasteiger partial charge is 0.274 e. The zero-order chi connectivity index (χ0) is 21.0. The number of rotatable bonds is 6. The van der Waals surface area contributed by atoms with E-state index in [2.05, 4.69) is 26.7 Å². The Labute approximate surface area is 171 Å². The normalized spacial score (nSPS) is 10.7. The number of carbonyl (C=O) groups is 1. The SMILES string of the molecule is Cc1cc(C)cc(Nc2nc(C)cc(C(=O)Nc3ccccc3OC(C)C)n2)c1. The first-order valence-electron chi connectivity index (χ1n) is 9.58. The number of ether oxygens (including phenoxy) is 1. The number of para-hydroxylation sites is 2. The average molecular weight is 390 g/mol. The van der Waals surface area contributed by atoms with Gasteiger partial charge in [-0.25, -0.2) is 9.97 Å². The van der Waals surface area contributed by atoms with Gasteiger partial charge in [0.15, 0.2) is 0 Å². The quantitative estimate of drug-likeness (QED) is 0.606. The van der Waals surface area contributed by atoms with E-state index < -0.39 is 0 Å². The van der Waals surface area contributed by atoms with Crippen molar-refractivity contribution in [3.63, 3.8) is 0 Å². The molecule has 2 N–H and O–H groups in total. The molecule has 29 heavy (non-hydrogen) atoms. The van der Waals surface area contributed by atoms with Crippen LogP contribution in [0.1, 0.15) is 41.2 Å². The number of hydrogen-bond acceptors (Lipinski definition) is 5. The predicted molar refractivity (Wildman–Crippen MR) is 116 cm³/mol. The van der Waals surface area contributed by atoms with E-state index in [4.69, 9.17) is 4.74 Å². The molecule has 0 saturated heterocycles. The lowest BCUT2D eigenvalue weighted by Crippen LogP contribution is -2.17. The number of nitrogens with zero attached hydrogens (tertiary/aromatic N) is 2. The van der Waals surface area contributed by atoms with Crippen LogP contribution in [0.25, 0.3) is 0 Å². The maximum absolute atomic E-state index is 12.8. The third-order valence-corrected chi connectivity index (χ3v) is 4.06. The van der Waals surface area contributed by atoms with Crippen LogP contribution in [-0.4, -0.2) is 22.0 Å². The summed E-state index contributed by atoms with van der Waals surface area (Å²) in [4.78, 5) is 21.6. The van der Waals surface area contributed by atoms with Gasteiger partial charge in [0.05, 0.1) is 11.8 Å². The second-order valence-corrected chi connectivity index (χ2v) is 7.34. The summed E-state index contributed by atoms with van der Waals surface area (Å²) in [6.07, 6.45) is 0.00272. The average Bonchev–Trinajstić information content (AvgIpc) is 2.61. The number of amides is 1. The van der Waals surface area contributed by atoms with Crippen molar-refractivity contribution in [1.29, 1.82) is 0 Å². The Balaban J connectivity index is 1.83. The van der Waals surface area contributed by atoms with E-state index in [9.17, 15) is 4.79 Å². The van der Waals surface area contributed by atoms with E-state index in [0.717, 1.165) is 16.8 Å². The van der Waals surface area contributed by atoms with Gasteiger partial charge in [0, 0.05) is 11.4 Å². The van der Waals surface area contributed by atoms with Crippen molar-refractivity contribution in [3.8, 4) is 5.75 Å². The number of nitrogens with one attached hydrogen (secondary N) is 2. The molecule has 0 radical (unpaired) electrons. The molecule has 6 heteroatoms. The van der Waals surface area contributed by atoms with Crippen molar-refractivity contribution in [1.82, 2.24) is 9.97 Å². The summed E-state index contributed by atoms with van der Waals surface area (Å²) >= 11 is 0. The van der Waals surface area contributed by atoms with Crippen LogP contribution in [0.5, 0.6) is 5.75 Å². The standard InChI is InChI=1S/C23H26N4O2/c1-14(2)29-21-9-7-6-8-19(21)26-22(28)20-13-17(5)24-23(27-20)25-18-11-15(3)10-16(4)12-18/h6-14H,1-5H3,(H,26,28)(H,24,25,27). The Kier molecular flexibility index (Phi) is 6.12. The zero-order valence-corrected chi connectivity index (χ0v) is 17.4. The minimum Gasteiger partial charge on any atom is -0.489 e. The Morgan fingerprint density at radius 2 is 1.66 bits per heavy atom. The van der Waals surface area contributed by atoms with Crippen LogP contribution in [0.4, 0.5) is 17.3 Å². The molecule has 0 atom stereocenters. The third kappa shape index (κ3) is 5.54. The van der Waals surface area contributed by atoms with Gasteiger partial charge in [-0.1, -0.05) is 18.2 Å². The van der Waals surface area contributed by atoms with Gasteiger partial charge in [-0.3, -0.25) is 4.79 Å². The first kappa shape index (κ1) is 20.3. The predicted octanol–water partition coefficient (Wildman–Crippen LogP) is 5.18. The molecular formula is C23H26N4O2. The van der Waals surface area contributed by atoms with Gasteiger partial charge in [0.25, 0.3) is 5.91 Å². The lowest BCUT2D eigenvalue weighted by molar-refractivity contribution is 0.102. The summed E-state index contributed by atoms with van der Waals surface area (Å²) in [6.45, 7) is 9.78. The molecule has 2 aromatic carbocycles. The lowest BCUT2D eigenvalue weighted by atomic mass is 10.1. The van der Waals surface area contributed by atoms with Gasteiger partial charge in [0.1, 0.15) is 11.4 Å². The van der Waals surface area contributed by atoms with Crippen LogP contribution < -0.4 is 15.4 Å². The molecular weight excluding hydrogens is 364 g/mol. The van der Waals surface area contributed by atoms with Crippen molar-refractivity contribution in [2.24, 2.45) is 0 Å². The van der Waals surface area contributed by atoms with Crippen LogP contribution in [0.15, 0.2) is 48.5 Å². The molecule has 0 spiro atoms. The van der Waals surface area contributed by atoms with Crippen molar-refractivity contribution in [2.75, 3.05) is 10.6 Å². The molecule has 0 aliphatic rings. The van der Waals surface area contributed by atoms with E-state index in [1.807, 2.05) is 65.0 Å². The Morgan fingerprint density at radius 3 is 2.34 bits per heavy atom. The second kappa shape index (κ2) is 8.73. The van der Waals surface area contributed by atoms with E-state index >= 15 is 0 Å². The van der Waals surface area contributed by atoms with E-state index in [1.54, 1.807) is 12.1 Å². The van der Waals surface area contributed by atoms with Crippen LogP contribution in [0.2, 0.25) is 0 Å². The van der Waals surface area contributed by atoms with Crippen LogP contribution in [-0.2, 0) is 0 Å². The molecule has 1 aromatic heterocycles. The highest BCUT2D eigenvalue weighted by Gasteiger charge is 2.14. The Bertz CT molecular complexity index is 1010. The minimum atomic E-state index is -0.321. The number of benzene rings is 2. The topological polar surface area (TPSA) is 76.1 Å². The summed E-state index contributed by atoms with van der Waals surface area (Å²) in [7, 11) is 0. The third-order valence-electron chi connectivity index (χ3n) is 4.06. The highest BCUT2D eigenvalue weighted by molar-refractivity contribution is 6.03. The highest BCUT2D eigenvalue weighted by Crippen LogP contribution is 2.25. The molecule has 150 valence electrons. The first-order valence-corrected chi connectivity index (χ1v) is 9.58. The molecule has 0 aliphatic carbocycles. The Morgan fingerprint density at radius 1 is 0.966 bits per heavy atom. The number of aromatic nitrogens is 2. The van der Waals surface area contributed by atoms with Crippen LogP contribution >= 0.6 is 0 Å². The summed E-state index contributed by atoms with van der Waals surface area (Å²) in [6, 6.07) is 15.1. The molecule has 0 bridgehead atoms. The molecule has 0 saturated carbocycles. The monoisotopic (exact) mass is 390 g/mol. The van der Waals surface area contributed by atoms with Gasteiger partial charge >= 0.3 is 0 Å². The van der Waals surface area contributed by atoms with Gasteiger partial charge < -0.3 is 15.4 Å². The maximum Gasteiger partial charge on any atom is 0.274 e. The highest BCUT2D eigenvalue weighted by atomic mass is 16.5. The van der Waals surface area contributed by atoms with Crippen molar-refractivity contribution in [3.05, 3.63) is 71.0 Å². The molecule has 3 aromatic rings.